The zero-order valence-corrected chi connectivity index (χ0v) is 19.9. The summed E-state index contributed by atoms with van der Waals surface area (Å²) in [4.78, 5) is 9.83. The quantitative estimate of drug-likeness (QED) is 0.279. The molecule has 37 heavy (non-hydrogen) atoms. The van der Waals surface area contributed by atoms with Crippen LogP contribution in [0.4, 0.5) is 0 Å². The third-order valence-corrected chi connectivity index (χ3v) is 5.97. The second kappa shape index (κ2) is 10.3. The topological polar surface area (TPSA) is 77.3 Å². The standard InChI is InChI=1S/C31H22N6/c1-5-13-22(14-6-1)28-30(24-17-9-3-10-18-24)36-34-26(32-28)21-27-33-29(23-15-7-2-8-16-23)31(37-35-27)25-19-11-4-12-20-25/h1-20H,21H2. The summed E-state index contributed by atoms with van der Waals surface area (Å²) in [5, 5.41) is 18.1. The van der Waals surface area contributed by atoms with Crippen LogP contribution in [0.2, 0.25) is 0 Å². The molecule has 6 heteroatoms. The second-order valence-electron chi connectivity index (χ2n) is 8.49. The van der Waals surface area contributed by atoms with Crippen molar-refractivity contribution in [3.8, 4) is 45.0 Å². The van der Waals surface area contributed by atoms with Gasteiger partial charge in [-0.05, 0) is 0 Å². The molecule has 4 aromatic carbocycles. The van der Waals surface area contributed by atoms with E-state index >= 15 is 0 Å². The number of hydrogen-bond donors (Lipinski definition) is 0. The molecule has 0 spiro atoms. The van der Waals surface area contributed by atoms with Gasteiger partial charge in [0.1, 0.15) is 22.8 Å². The van der Waals surface area contributed by atoms with Crippen LogP contribution in [0.5, 0.6) is 0 Å². The minimum atomic E-state index is 0.309. The van der Waals surface area contributed by atoms with Crippen LogP contribution in [0.3, 0.4) is 0 Å². The molecule has 6 rings (SSSR count). The van der Waals surface area contributed by atoms with Crippen LogP contribution >= 0.6 is 0 Å². The number of aromatic nitrogens is 6. The first-order valence-electron chi connectivity index (χ1n) is 12.0. The lowest BCUT2D eigenvalue weighted by molar-refractivity contribution is 0.806. The molecule has 0 aliphatic carbocycles. The molecule has 0 aliphatic heterocycles. The highest BCUT2D eigenvalue weighted by Crippen LogP contribution is 2.30. The Bertz CT molecular complexity index is 1500. The highest BCUT2D eigenvalue weighted by Gasteiger charge is 2.17. The minimum Gasteiger partial charge on any atom is -0.228 e. The Kier molecular flexibility index (Phi) is 6.20. The van der Waals surface area contributed by atoms with E-state index in [1.807, 2.05) is 121 Å². The molecule has 0 radical (unpaired) electrons. The van der Waals surface area contributed by atoms with Gasteiger partial charge in [0.25, 0.3) is 0 Å². The maximum atomic E-state index is 4.92. The molecule has 0 bridgehead atoms. The van der Waals surface area contributed by atoms with Crippen LogP contribution in [0, 0.1) is 0 Å². The van der Waals surface area contributed by atoms with Gasteiger partial charge in [-0.1, -0.05) is 121 Å². The van der Waals surface area contributed by atoms with Crippen LogP contribution in [-0.2, 0) is 6.42 Å². The van der Waals surface area contributed by atoms with E-state index in [9.17, 15) is 0 Å². The van der Waals surface area contributed by atoms with Gasteiger partial charge in [0, 0.05) is 22.3 Å². The first-order chi connectivity index (χ1) is 18.3. The van der Waals surface area contributed by atoms with E-state index in [1.165, 1.54) is 0 Å². The number of benzene rings is 4. The largest absolute Gasteiger partial charge is 0.228 e. The van der Waals surface area contributed by atoms with Gasteiger partial charge >= 0.3 is 0 Å². The van der Waals surface area contributed by atoms with Gasteiger partial charge in [0.05, 0.1) is 6.42 Å². The Morgan fingerprint density at radius 1 is 0.324 bits per heavy atom. The van der Waals surface area contributed by atoms with Crippen LogP contribution in [-0.4, -0.2) is 30.4 Å². The van der Waals surface area contributed by atoms with Crippen LogP contribution in [0.1, 0.15) is 11.6 Å². The van der Waals surface area contributed by atoms with Crippen molar-refractivity contribution in [2.45, 2.75) is 6.42 Å². The maximum absolute atomic E-state index is 4.92. The number of rotatable bonds is 6. The van der Waals surface area contributed by atoms with Crippen molar-refractivity contribution < 1.29 is 0 Å². The fourth-order valence-corrected chi connectivity index (χ4v) is 4.19. The molecule has 2 heterocycles. The van der Waals surface area contributed by atoms with Gasteiger partial charge in [-0.3, -0.25) is 0 Å². The molecular weight excluding hydrogens is 456 g/mol. The van der Waals surface area contributed by atoms with Crippen LogP contribution in [0.25, 0.3) is 45.0 Å². The first kappa shape index (κ1) is 22.4. The maximum Gasteiger partial charge on any atom is 0.159 e. The van der Waals surface area contributed by atoms with Gasteiger partial charge in [-0.2, -0.15) is 0 Å². The molecule has 0 unspecified atom stereocenters. The fraction of sp³-hybridized carbons (Fsp3) is 0.0323. The molecule has 176 valence electrons. The Morgan fingerprint density at radius 3 is 0.946 bits per heavy atom. The molecule has 0 aliphatic rings. The lowest BCUT2D eigenvalue weighted by atomic mass is 10.0. The van der Waals surface area contributed by atoms with E-state index in [0.717, 1.165) is 45.0 Å². The lowest BCUT2D eigenvalue weighted by Gasteiger charge is -2.11. The molecule has 6 aromatic rings. The van der Waals surface area contributed by atoms with E-state index in [1.54, 1.807) is 0 Å². The first-order valence-corrected chi connectivity index (χ1v) is 12.0. The molecule has 0 N–H and O–H groups in total. The van der Waals surface area contributed by atoms with Crippen LogP contribution in [0.15, 0.2) is 121 Å². The molecule has 0 amide bonds. The lowest BCUT2D eigenvalue weighted by Crippen LogP contribution is -2.08. The summed E-state index contributed by atoms with van der Waals surface area (Å²) in [5.41, 5.74) is 6.89. The summed E-state index contributed by atoms with van der Waals surface area (Å²) in [6, 6.07) is 40.0. The Morgan fingerprint density at radius 2 is 0.622 bits per heavy atom. The summed E-state index contributed by atoms with van der Waals surface area (Å²) in [6.07, 6.45) is 0.309. The molecule has 6 nitrogen and oxygen atoms in total. The average molecular weight is 479 g/mol. The summed E-state index contributed by atoms with van der Waals surface area (Å²) in [7, 11) is 0. The van der Waals surface area contributed by atoms with Crippen molar-refractivity contribution >= 4 is 0 Å². The SMILES string of the molecule is c1ccc(-c2nnc(Cc3nnc(-c4ccccc4)c(-c4ccccc4)n3)nc2-c2ccccc2)cc1. The van der Waals surface area contributed by atoms with Crippen molar-refractivity contribution in [2.24, 2.45) is 0 Å². The third kappa shape index (κ3) is 4.86. The zero-order valence-electron chi connectivity index (χ0n) is 19.9. The number of hydrogen-bond acceptors (Lipinski definition) is 6. The average Bonchev–Trinajstić information content (AvgIpc) is 2.99. The summed E-state index contributed by atoms with van der Waals surface area (Å²) in [6.45, 7) is 0. The van der Waals surface area contributed by atoms with Crippen molar-refractivity contribution in [1.82, 2.24) is 30.4 Å². The highest BCUT2D eigenvalue weighted by atomic mass is 15.2. The van der Waals surface area contributed by atoms with Gasteiger partial charge in [-0.15, -0.1) is 20.4 Å². The monoisotopic (exact) mass is 478 g/mol. The van der Waals surface area contributed by atoms with Gasteiger partial charge in [0.15, 0.2) is 11.6 Å². The molecule has 0 fully saturated rings. The molecular formula is C31H22N6. The molecule has 2 aromatic heterocycles. The Balaban J connectivity index is 1.42. The minimum absolute atomic E-state index is 0.309. The fourth-order valence-electron chi connectivity index (χ4n) is 4.19. The van der Waals surface area contributed by atoms with E-state index in [2.05, 4.69) is 20.4 Å². The Hall–Kier alpha value is -5.10. The van der Waals surface area contributed by atoms with Crippen molar-refractivity contribution in [3.63, 3.8) is 0 Å². The van der Waals surface area contributed by atoms with Gasteiger partial charge in [-0.25, -0.2) is 9.97 Å². The van der Waals surface area contributed by atoms with E-state index in [-0.39, 0.29) is 0 Å². The van der Waals surface area contributed by atoms with Gasteiger partial charge in [0.2, 0.25) is 0 Å². The highest BCUT2D eigenvalue weighted by molar-refractivity contribution is 5.78. The number of nitrogens with zero attached hydrogens (tertiary/aromatic N) is 6. The van der Waals surface area contributed by atoms with Crippen molar-refractivity contribution in [3.05, 3.63) is 133 Å². The van der Waals surface area contributed by atoms with Crippen molar-refractivity contribution in [2.75, 3.05) is 0 Å². The third-order valence-electron chi connectivity index (χ3n) is 5.97. The summed E-state index contributed by atoms with van der Waals surface area (Å²) >= 11 is 0. The second-order valence-corrected chi connectivity index (χ2v) is 8.49. The van der Waals surface area contributed by atoms with E-state index < -0.39 is 0 Å². The van der Waals surface area contributed by atoms with Crippen LogP contribution < -0.4 is 0 Å². The zero-order chi connectivity index (χ0) is 24.9. The summed E-state index contributed by atoms with van der Waals surface area (Å²) in [5.74, 6) is 1.07. The molecule has 0 saturated carbocycles. The summed E-state index contributed by atoms with van der Waals surface area (Å²) < 4.78 is 0. The molecule has 0 saturated heterocycles. The van der Waals surface area contributed by atoms with E-state index in [4.69, 9.17) is 9.97 Å². The smallest absolute Gasteiger partial charge is 0.159 e. The normalized spacial score (nSPS) is 10.8. The van der Waals surface area contributed by atoms with Gasteiger partial charge < -0.3 is 0 Å². The van der Waals surface area contributed by atoms with Crippen molar-refractivity contribution in [1.29, 1.82) is 0 Å². The predicted octanol–water partition coefficient (Wildman–Crippen LogP) is 6.32. The predicted molar refractivity (Wildman–Crippen MR) is 144 cm³/mol. The van der Waals surface area contributed by atoms with E-state index in [0.29, 0.717) is 18.1 Å². The Labute approximate surface area is 214 Å². The molecule has 0 atom stereocenters.